The number of methoxy groups -OCH3 is 2. The molecular weight excluding hydrogens is 905 g/mol. The molecule has 0 aliphatic carbocycles. The Morgan fingerprint density at radius 2 is 0.597 bits per heavy atom. The Kier molecular flexibility index (Phi) is 13.0. The Hall–Kier alpha value is -9.80. The van der Waals surface area contributed by atoms with Crippen molar-refractivity contribution in [3.05, 3.63) is 241 Å². The van der Waals surface area contributed by atoms with E-state index in [2.05, 4.69) is 0 Å². The van der Waals surface area contributed by atoms with Crippen molar-refractivity contribution < 1.29 is 47.6 Å². The molecule has 0 N–H and O–H groups in total. The predicted molar refractivity (Wildman–Crippen MR) is 276 cm³/mol. The quantitative estimate of drug-likeness (QED) is 0.0815. The van der Waals surface area contributed by atoms with Gasteiger partial charge >= 0.3 is 23.9 Å². The molecule has 10 aromatic rings. The molecular formula is C62H42O10. The molecule has 10 rings (SSSR count). The fourth-order valence-corrected chi connectivity index (χ4v) is 8.44. The maximum absolute atomic E-state index is 14.7. The lowest BCUT2D eigenvalue weighted by molar-refractivity contribution is 0.0720. The first-order chi connectivity index (χ1) is 35.2. The van der Waals surface area contributed by atoms with Gasteiger partial charge in [-0.25, -0.2) is 19.2 Å². The van der Waals surface area contributed by atoms with Crippen LogP contribution in [0.1, 0.15) is 41.4 Å². The summed E-state index contributed by atoms with van der Waals surface area (Å²) in [5.74, 6) is -0.432. The Morgan fingerprint density at radius 1 is 0.306 bits per heavy atom. The number of carbonyl (C=O) groups excluding carboxylic acids is 4. The second-order valence-corrected chi connectivity index (χ2v) is 16.5. The predicted octanol–water partition coefficient (Wildman–Crippen LogP) is 13.9. The minimum atomic E-state index is -0.687. The highest BCUT2D eigenvalue weighted by Gasteiger charge is 2.29. The molecule has 0 radical (unpaired) electrons. The molecule has 10 aromatic carbocycles. The number of rotatable bonds is 13. The van der Waals surface area contributed by atoms with Crippen molar-refractivity contribution >= 4 is 45.4 Å². The van der Waals surface area contributed by atoms with Gasteiger partial charge in [-0.15, -0.1) is 0 Å². The van der Waals surface area contributed by atoms with Gasteiger partial charge in [0.15, 0.2) is 0 Å². The topological polar surface area (TPSA) is 124 Å². The van der Waals surface area contributed by atoms with Gasteiger partial charge in [0.1, 0.15) is 34.5 Å². The standard InChI is InChI=1S/C62H42O10/c1-67-47-29-21-41(22-30-47)59(63)69-49-33-25-43(26-34-49)61(65)71-57-51-19-11-9-17-45(51)37-53(39-13-5-3-6-14-39)55(57)56-54(40-15-7-4-8-16-40)38-46-18-10-12-20-52(46)58(56)72-62(66)44-27-35-50(36-28-44)70-60(64)42-23-31-48(68-2)32-24-42/h3-38H,1-2H3. The van der Waals surface area contributed by atoms with Gasteiger partial charge in [-0.3, -0.25) is 0 Å². The molecule has 0 bridgehead atoms. The Morgan fingerprint density at radius 3 is 0.931 bits per heavy atom. The summed E-state index contributed by atoms with van der Waals surface area (Å²) in [5, 5.41) is 2.82. The molecule has 0 unspecified atom stereocenters. The maximum Gasteiger partial charge on any atom is 0.343 e. The second-order valence-electron chi connectivity index (χ2n) is 16.5. The van der Waals surface area contributed by atoms with E-state index in [1.165, 1.54) is 48.5 Å². The number of fused-ring (bicyclic) bond motifs is 2. The van der Waals surface area contributed by atoms with Crippen LogP contribution in [0.2, 0.25) is 0 Å². The molecule has 0 aliphatic heterocycles. The lowest BCUT2D eigenvalue weighted by Crippen LogP contribution is -2.13. The molecule has 350 valence electrons. The number of carbonyl (C=O) groups is 4. The number of hydrogen-bond acceptors (Lipinski definition) is 10. The third-order valence-electron chi connectivity index (χ3n) is 12.1. The summed E-state index contributed by atoms with van der Waals surface area (Å²) in [4.78, 5) is 55.3. The number of benzene rings is 10. The molecule has 72 heavy (non-hydrogen) atoms. The van der Waals surface area contributed by atoms with Gasteiger partial charge in [-0.05, 0) is 142 Å². The van der Waals surface area contributed by atoms with E-state index in [-0.39, 0.29) is 34.1 Å². The molecule has 0 aliphatic rings. The fourth-order valence-electron chi connectivity index (χ4n) is 8.44. The third-order valence-corrected chi connectivity index (χ3v) is 12.1. The van der Waals surface area contributed by atoms with Gasteiger partial charge in [-0.1, -0.05) is 109 Å². The highest BCUT2D eigenvalue weighted by molar-refractivity contribution is 6.13. The molecule has 10 heteroatoms. The summed E-state index contributed by atoms with van der Waals surface area (Å²) in [6.07, 6.45) is 0. The summed E-state index contributed by atoms with van der Waals surface area (Å²) in [6, 6.07) is 64.1. The maximum atomic E-state index is 14.7. The Balaban J connectivity index is 1.10. The van der Waals surface area contributed by atoms with Crippen molar-refractivity contribution in [1.29, 1.82) is 0 Å². The Labute approximate surface area is 414 Å². The van der Waals surface area contributed by atoms with E-state index < -0.39 is 23.9 Å². The van der Waals surface area contributed by atoms with Crippen LogP contribution < -0.4 is 28.4 Å². The molecule has 0 saturated heterocycles. The van der Waals surface area contributed by atoms with Crippen molar-refractivity contribution in [2.45, 2.75) is 0 Å². The first-order valence-electron chi connectivity index (χ1n) is 22.8. The van der Waals surface area contributed by atoms with Gasteiger partial charge in [0.25, 0.3) is 0 Å². The van der Waals surface area contributed by atoms with E-state index in [1.54, 1.807) is 62.8 Å². The van der Waals surface area contributed by atoms with E-state index in [4.69, 9.17) is 28.4 Å². The summed E-state index contributed by atoms with van der Waals surface area (Å²) >= 11 is 0. The zero-order valence-electron chi connectivity index (χ0n) is 38.9. The third kappa shape index (κ3) is 9.61. The van der Waals surface area contributed by atoms with Gasteiger partial charge < -0.3 is 28.4 Å². The first-order valence-corrected chi connectivity index (χ1v) is 22.8. The van der Waals surface area contributed by atoms with Crippen molar-refractivity contribution in [3.8, 4) is 67.9 Å². The lowest BCUT2D eigenvalue weighted by atomic mass is 9.84. The van der Waals surface area contributed by atoms with Crippen LogP contribution in [0.4, 0.5) is 0 Å². The van der Waals surface area contributed by atoms with Crippen LogP contribution in [0, 0.1) is 0 Å². The molecule has 10 nitrogen and oxygen atoms in total. The average molecular weight is 947 g/mol. The smallest absolute Gasteiger partial charge is 0.343 e. The number of esters is 4. The van der Waals surface area contributed by atoms with Crippen LogP contribution in [-0.2, 0) is 0 Å². The highest BCUT2D eigenvalue weighted by atomic mass is 16.5. The molecule has 0 heterocycles. The minimum absolute atomic E-state index is 0.186. The summed E-state index contributed by atoms with van der Waals surface area (Å²) in [6.45, 7) is 0. The van der Waals surface area contributed by atoms with Gasteiger partial charge in [0.05, 0.1) is 36.5 Å². The van der Waals surface area contributed by atoms with E-state index in [9.17, 15) is 19.2 Å². The largest absolute Gasteiger partial charge is 0.497 e. The Bertz CT molecular complexity index is 3380. The lowest BCUT2D eigenvalue weighted by Gasteiger charge is -2.24. The fraction of sp³-hybridized carbons (Fsp3) is 0.0323. The van der Waals surface area contributed by atoms with Gasteiger partial charge in [0.2, 0.25) is 0 Å². The monoisotopic (exact) mass is 946 g/mol. The van der Waals surface area contributed by atoms with Crippen molar-refractivity contribution in [3.63, 3.8) is 0 Å². The van der Waals surface area contributed by atoms with Crippen LogP contribution in [0.25, 0.3) is 54.9 Å². The van der Waals surface area contributed by atoms with E-state index in [1.807, 2.05) is 121 Å². The summed E-state index contributed by atoms with van der Waals surface area (Å²) < 4.78 is 35.0. The highest BCUT2D eigenvalue weighted by Crippen LogP contribution is 2.53. The van der Waals surface area contributed by atoms with Gasteiger partial charge in [-0.2, -0.15) is 0 Å². The average Bonchev–Trinajstić information content (AvgIpc) is 3.43. The van der Waals surface area contributed by atoms with Crippen LogP contribution in [-0.4, -0.2) is 38.1 Å². The summed E-state index contributed by atoms with van der Waals surface area (Å²) in [5.41, 5.74) is 5.02. The van der Waals surface area contributed by atoms with E-state index >= 15 is 0 Å². The first kappa shape index (κ1) is 46.0. The van der Waals surface area contributed by atoms with Crippen molar-refractivity contribution in [2.24, 2.45) is 0 Å². The molecule has 0 spiro atoms. The minimum Gasteiger partial charge on any atom is -0.497 e. The zero-order chi connectivity index (χ0) is 49.6. The number of hydrogen-bond donors (Lipinski definition) is 0. The molecule has 0 saturated carbocycles. The van der Waals surface area contributed by atoms with E-state index in [0.29, 0.717) is 55.7 Å². The number of ether oxygens (including phenoxy) is 6. The van der Waals surface area contributed by atoms with Crippen LogP contribution in [0.15, 0.2) is 218 Å². The SMILES string of the molecule is COc1ccc(C(=O)Oc2ccc(C(=O)Oc3c(-c4c(-c5ccccc5)cc5ccccc5c4OC(=O)c4ccc(OC(=O)c5ccc(OC)cc5)cc4)c(-c4ccccc4)cc4ccccc34)cc2)cc1. The normalized spacial score (nSPS) is 10.9. The van der Waals surface area contributed by atoms with Crippen molar-refractivity contribution in [2.75, 3.05) is 14.2 Å². The molecule has 0 amide bonds. The summed E-state index contributed by atoms with van der Waals surface area (Å²) in [7, 11) is 3.08. The molecule has 0 atom stereocenters. The zero-order valence-corrected chi connectivity index (χ0v) is 38.9. The van der Waals surface area contributed by atoms with Gasteiger partial charge in [0, 0.05) is 21.9 Å². The second kappa shape index (κ2) is 20.4. The van der Waals surface area contributed by atoms with Crippen LogP contribution in [0.3, 0.4) is 0 Å². The van der Waals surface area contributed by atoms with Crippen molar-refractivity contribution in [1.82, 2.24) is 0 Å². The molecule has 0 aromatic heterocycles. The molecule has 0 fully saturated rings. The van der Waals surface area contributed by atoms with Crippen LogP contribution in [0.5, 0.6) is 34.5 Å². The van der Waals surface area contributed by atoms with Crippen LogP contribution >= 0.6 is 0 Å². The van der Waals surface area contributed by atoms with E-state index in [0.717, 1.165) is 21.9 Å².